The van der Waals surface area contributed by atoms with Crippen LogP contribution in [0.5, 0.6) is 5.75 Å². The summed E-state index contributed by atoms with van der Waals surface area (Å²) in [5.74, 6) is 0.118. The molecule has 2 aromatic heterocycles. The number of aliphatic carboxylic acids is 1. The highest BCUT2D eigenvalue weighted by Crippen LogP contribution is 2.30. The van der Waals surface area contributed by atoms with Crippen molar-refractivity contribution in [3.8, 4) is 5.75 Å². The molecule has 7 heteroatoms. The summed E-state index contributed by atoms with van der Waals surface area (Å²) in [6.07, 6.45) is 7.67. The van der Waals surface area contributed by atoms with Gasteiger partial charge in [-0.15, -0.1) is 11.3 Å². The van der Waals surface area contributed by atoms with E-state index in [0.29, 0.717) is 6.54 Å². The zero-order valence-electron chi connectivity index (χ0n) is 19.0. The van der Waals surface area contributed by atoms with E-state index in [2.05, 4.69) is 22.0 Å². The summed E-state index contributed by atoms with van der Waals surface area (Å²) < 4.78 is 6.21. The number of hydrogen-bond acceptors (Lipinski definition) is 5. The number of methoxy groups -OCH3 is 1. The number of aromatic nitrogens is 1. The lowest BCUT2D eigenvalue weighted by atomic mass is 9.81. The van der Waals surface area contributed by atoms with Crippen molar-refractivity contribution in [2.75, 3.05) is 26.7 Å². The number of likely N-dealkylation sites (tertiary alicyclic amines) is 1. The molecule has 0 amide bonds. The summed E-state index contributed by atoms with van der Waals surface area (Å²) in [5.41, 5.74) is 2.21. The third-order valence-corrected chi connectivity index (χ3v) is 8.03. The van der Waals surface area contributed by atoms with Gasteiger partial charge in [-0.2, -0.15) is 0 Å². The van der Waals surface area contributed by atoms with Gasteiger partial charge in [0.05, 0.1) is 22.9 Å². The molecule has 0 bridgehead atoms. The first-order valence-corrected chi connectivity index (χ1v) is 12.8. The van der Waals surface area contributed by atoms with Crippen molar-refractivity contribution in [3.63, 3.8) is 0 Å². The maximum absolute atomic E-state index is 12.0. The Labute approximate surface area is 204 Å². The molecule has 176 valence electrons. The predicted octanol–water partition coefficient (Wildman–Crippen LogP) is 5.94. The molecular weight excluding hydrogens is 456 g/mol. The smallest absolute Gasteiger partial charge is 0.308 e. The molecular formula is C26H31ClN2O3S. The van der Waals surface area contributed by atoms with Crippen LogP contribution in [0.4, 0.5) is 0 Å². The first-order chi connectivity index (χ1) is 16.0. The maximum atomic E-state index is 12.0. The van der Waals surface area contributed by atoms with Crippen molar-refractivity contribution in [1.29, 1.82) is 0 Å². The van der Waals surface area contributed by atoms with Crippen molar-refractivity contribution in [3.05, 3.63) is 57.4 Å². The van der Waals surface area contributed by atoms with Crippen LogP contribution in [-0.2, 0) is 17.6 Å². The van der Waals surface area contributed by atoms with Crippen LogP contribution < -0.4 is 4.74 Å². The number of pyridine rings is 1. The van der Waals surface area contributed by atoms with Crippen LogP contribution in [0.25, 0.3) is 10.9 Å². The van der Waals surface area contributed by atoms with E-state index >= 15 is 0 Å². The number of nitrogens with zero attached hydrogens (tertiary/aromatic N) is 2. The van der Waals surface area contributed by atoms with Gasteiger partial charge in [-0.3, -0.25) is 9.78 Å². The molecule has 33 heavy (non-hydrogen) atoms. The van der Waals surface area contributed by atoms with E-state index in [9.17, 15) is 9.90 Å². The molecule has 0 spiro atoms. The fourth-order valence-electron chi connectivity index (χ4n) is 4.94. The van der Waals surface area contributed by atoms with E-state index in [0.717, 1.165) is 72.6 Å². The van der Waals surface area contributed by atoms with Gasteiger partial charge in [0.1, 0.15) is 5.75 Å². The molecule has 1 saturated heterocycles. The van der Waals surface area contributed by atoms with Crippen molar-refractivity contribution in [2.45, 2.75) is 38.5 Å². The maximum Gasteiger partial charge on any atom is 0.308 e. The zero-order valence-corrected chi connectivity index (χ0v) is 20.6. The minimum absolute atomic E-state index is 0.234. The number of fused-ring (bicyclic) bond motifs is 1. The topological polar surface area (TPSA) is 62.7 Å². The second-order valence-corrected chi connectivity index (χ2v) is 10.6. The number of carboxylic acids is 1. The highest BCUT2D eigenvalue weighted by Gasteiger charge is 2.33. The van der Waals surface area contributed by atoms with Crippen LogP contribution in [0.3, 0.4) is 0 Å². The van der Waals surface area contributed by atoms with Gasteiger partial charge >= 0.3 is 5.97 Å². The number of carbonyl (C=O) groups is 1. The molecule has 0 saturated carbocycles. The Hall–Kier alpha value is -2.15. The number of carboxylic acid groups (broad SMARTS) is 1. The summed E-state index contributed by atoms with van der Waals surface area (Å²) >= 11 is 7.65. The van der Waals surface area contributed by atoms with Gasteiger partial charge in [-0.05, 0) is 99.5 Å². The lowest BCUT2D eigenvalue weighted by Crippen LogP contribution is -2.44. The third-order valence-electron chi connectivity index (χ3n) is 6.74. The van der Waals surface area contributed by atoms with Gasteiger partial charge in [0.2, 0.25) is 0 Å². The van der Waals surface area contributed by atoms with Crippen LogP contribution >= 0.6 is 22.9 Å². The Morgan fingerprint density at radius 2 is 2.12 bits per heavy atom. The molecule has 0 unspecified atom stereocenters. The number of rotatable bonds is 10. The van der Waals surface area contributed by atoms with Gasteiger partial charge in [0.15, 0.2) is 0 Å². The number of hydrogen-bond donors (Lipinski definition) is 1. The monoisotopic (exact) mass is 486 g/mol. The van der Waals surface area contributed by atoms with E-state index in [-0.39, 0.29) is 11.8 Å². The summed E-state index contributed by atoms with van der Waals surface area (Å²) in [5, 5.41) is 11.0. The largest absolute Gasteiger partial charge is 0.497 e. The van der Waals surface area contributed by atoms with Crippen molar-refractivity contribution in [2.24, 2.45) is 11.8 Å². The number of piperidine rings is 1. The SMILES string of the molecule is COc1ccc2nccc(CCC[C@@H]3CCN(CCCc4ccc(Cl)s4)C[C@@H]3C(=O)O)c2c1. The van der Waals surface area contributed by atoms with Crippen LogP contribution in [0, 0.1) is 11.8 Å². The fourth-order valence-corrected chi connectivity index (χ4v) is 6.07. The van der Waals surface area contributed by atoms with Gasteiger partial charge < -0.3 is 14.7 Å². The average Bonchev–Trinajstić information content (AvgIpc) is 3.24. The standard InChI is InChI=1S/C26H31ClN2O3S/c1-32-20-7-9-24-22(16-20)18(11-13-28-24)4-2-5-19-12-15-29(17-23(19)26(30)31)14-3-6-21-8-10-25(27)33-21/h7-11,13,16,19,23H,2-6,12,14-15,17H2,1H3,(H,30,31)/t19-,23+/m1/s1. The Balaban J connectivity index is 1.29. The Morgan fingerprint density at radius 1 is 1.24 bits per heavy atom. The number of halogens is 1. The van der Waals surface area contributed by atoms with Crippen LogP contribution in [0.1, 0.15) is 36.1 Å². The summed E-state index contributed by atoms with van der Waals surface area (Å²) in [7, 11) is 1.67. The molecule has 5 nitrogen and oxygen atoms in total. The highest BCUT2D eigenvalue weighted by atomic mass is 35.5. The number of thiophene rings is 1. The second-order valence-electron chi connectivity index (χ2n) is 8.85. The quantitative estimate of drug-likeness (QED) is 0.384. The minimum Gasteiger partial charge on any atom is -0.497 e. The van der Waals surface area contributed by atoms with Crippen LogP contribution in [-0.4, -0.2) is 47.7 Å². The van der Waals surface area contributed by atoms with E-state index in [1.54, 1.807) is 18.4 Å². The van der Waals surface area contributed by atoms with Crippen molar-refractivity contribution in [1.82, 2.24) is 9.88 Å². The first kappa shape index (κ1) is 24.0. The minimum atomic E-state index is -0.658. The van der Waals surface area contributed by atoms with Crippen molar-refractivity contribution >= 4 is 39.8 Å². The summed E-state index contributed by atoms with van der Waals surface area (Å²) in [4.78, 5) is 20.1. The molecule has 0 aliphatic carbocycles. The van der Waals surface area contributed by atoms with Crippen LogP contribution in [0.15, 0.2) is 42.6 Å². The molecule has 1 fully saturated rings. The summed E-state index contributed by atoms with van der Waals surface area (Å²) in [6, 6.07) is 12.1. The Bertz CT molecular complexity index is 1090. The number of ether oxygens (including phenoxy) is 1. The van der Waals surface area contributed by atoms with E-state index < -0.39 is 5.97 Å². The number of aryl methyl sites for hydroxylation is 2. The molecule has 4 rings (SSSR count). The normalized spacial score (nSPS) is 19.1. The Kier molecular flexibility index (Phi) is 8.23. The van der Waals surface area contributed by atoms with E-state index in [4.69, 9.17) is 16.3 Å². The lowest BCUT2D eigenvalue weighted by molar-refractivity contribution is -0.146. The predicted molar refractivity (Wildman–Crippen MR) is 135 cm³/mol. The molecule has 0 radical (unpaired) electrons. The molecule has 3 heterocycles. The Morgan fingerprint density at radius 3 is 2.88 bits per heavy atom. The van der Waals surface area contributed by atoms with Gasteiger partial charge in [-0.25, -0.2) is 0 Å². The third kappa shape index (κ3) is 6.25. The average molecular weight is 487 g/mol. The number of benzene rings is 1. The summed E-state index contributed by atoms with van der Waals surface area (Å²) in [6.45, 7) is 2.58. The molecule has 1 aliphatic rings. The van der Waals surface area contributed by atoms with Crippen molar-refractivity contribution < 1.29 is 14.6 Å². The molecule has 1 N–H and O–H groups in total. The molecule has 3 aromatic rings. The van der Waals surface area contributed by atoms with Gasteiger partial charge in [0.25, 0.3) is 0 Å². The van der Waals surface area contributed by atoms with E-state index in [1.165, 1.54) is 10.4 Å². The molecule has 1 aliphatic heterocycles. The highest BCUT2D eigenvalue weighted by molar-refractivity contribution is 7.16. The zero-order chi connectivity index (χ0) is 23.2. The molecule has 2 atom stereocenters. The first-order valence-electron chi connectivity index (χ1n) is 11.6. The van der Waals surface area contributed by atoms with Crippen LogP contribution in [0.2, 0.25) is 4.34 Å². The van der Waals surface area contributed by atoms with E-state index in [1.807, 2.05) is 30.5 Å². The molecule has 1 aromatic carbocycles. The lowest BCUT2D eigenvalue weighted by Gasteiger charge is -2.36. The van der Waals surface area contributed by atoms with Gasteiger partial charge in [0, 0.05) is 23.0 Å². The fraction of sp³-hybridized carbons (Fsp3) is 0.462. The second kappa shape index (κ2) is 11.3. The van der Waals surface area contributed by atoms with Gasteiger partial charge in [-0.1, -0.05) is 11.6 Å².